The maximum Gasteiger partial charge on any atom is 0.254 e. The molecule has 26 heavy (non-hydrogen) atoms. The summed E-state index contributed by atoms with van der Waals surface area (Å²) in [5, 5.41) is 7.40. The van der Waals surface area contributed by atoms with Crippen molar-refractivity contribution in [1.82, 2.24) is 20.0 Å². The fourth-order valence-corrected chi connectivity index (χ4v) is 3.81. The van der Waals surface area contributed by atoms with Crippen LogP contribution in [0.5, 0.6) is 0 Å². The van der Waals surface area contributed by atoms with E-state index in [1.54, 1.807) is 9.58 Å². The molecule has 0 unspecified atom stereocenters. The van der Waals surface area contributed by atoms with Crippen LogP contribution < -0.4 is 5.32 Å². The van der Waals surface area contributed by atoms with Crippen LogP contribution in [0.1, 0.15) is 39.7 Å². The second-order valence-electron chi connectivity index (χ2n) is 6.92. The van der Waals surface area contributed by atoms with Crippen molar-refractivity contribution in [2.45, 2.75) is 32.0 Å². The minimum absolute atomic E-state index is 0.0583. The van der Waals surface area contributed by atoms with E-state index in [1.165, 1.54) is 0 Å². The molecule has 3 heterocycles. The average molecular weight is 354 g/mol. The van der Waals surface area contributed by atoms with Gasteiger partial charge in [0.05, 0.1) is 11.7 Å². The molecule has 136 valence electrons. The van der Waals surface area contributed by atoms with Gasteiger partial charge < -0.3 is 15.0 Å². The van der Waals surface area contributed by atoms with Gasteiger partial charge in [-0.15, -0.1) is 0 Å². The van der Waals surface area contributed by atoms with Crippen molar-refractivity contribution in [3.63, 3.8) is 0 Å². The Bertz CT molecular complexity index is 860. The minimum Gasteiger partial charge on any atom is -0.371 e. The number of fused-ring (bicyclic) bond motifs is 1. The van der Waals surface area contributed by atoms with Crippen molar-refractivity contribution in [3.8, 4) is 0 Å². The summed E-state index contributed by atoms with van der Waals surface area (Å²) in [6.07, 6.45) is 2.49. The van der Waals surface area contributed by atoms with Gasteiger partial charge in [-0.3, -0.25) is 14.3 Å². The maximum absolute atomic E-state index is 12.5. The highest BCUT2D eigenvalue weighted by Crippen LogP contribution is 2.31. The van der Waals surface area contributed by atoms with Crippen molar-refractivity contribution in [1.29, 1.82) is 0 Å². The molecule has 0 aliphatic carbocycles. The van der Waals surface area contributed by atoms with Crippen LogP contribution in [0.2, 0.25) is 0 Å². The average Bonchev–Trinajstić information content (AvgIpc) is 3.27. The highest BCUT2D eigenvalue weighted by atomic mass is 16.5. The Morgan fingerprint density at radius 1 is 1.38 bits per heavy atom. The number of rotatable bonds is 4. The molecule has 1 N–H and O–H groups in total. The second-order valence-corrected chi connectivity index (χ2v) is 6.92. The SMILES string of the molecule is Cc1nn(C)cc1[C@H]1OCC[C@@H]1NC(=O)CN1Cc2ccccc2C1=O. The molecule has 7 nitrogen and oxygen atoms in total. The molecule has 1 aromatic heterocycles. The van der Waals surface area contributed by atoms with E-state index in [0.717, 1.165) is 23.2 Å². The topological polar surface area (TPSA) is 76.5 Å². The van der Waals surface area contributed by atoms with E-state index in [4.69, 9.17) is 4.74 Å². The number of hydrogen-bond acceptors (Lipinski definition) is 4. The Labute approximate surface area is 151 Å². The predicted molar refractivity (Wildman–Crippen MR) is 94.4 cm³/mol. The van der Waals surface area contributed by atoms with Gasteiger partial charge in [-0.2, -0.15) is 5.10 Å². The van der Waals surface area contributed by atoms with E-state index < -0.39 is 0 Å². The number of amides is 2. The molecular weight excluding hydrogens is 332 g/mol. The third kappa shape index (κ3) is 2.99. The van der Waals surface area contributed by atoms with Crippen LogP contribution in [-0.2, 0) is 23.1 Å². The largest absolute Gasteiger partial charge is 0.371 e. The van der Waals surface area contributed by atoms with E-state index in [1.807, 2.05) is 44.4 Å². The van der Waals surface area contributed by atoms with Crippen LogP contribution in [0.15, 0.2) is 30.5 Å². The summed E-state index contributed by atoms with van der Waals surface area (Å²) >= 11 is 0. The van der Waals surface area contributed by atoms with E-state index in [9.17, 15) is 9.59 Å². The van der Waals surface area contributed by atoms with Gasteiger partial charge >= 0.3 is 0 Å². The number of nitrogens with zero attached hydrogens (tertiary/aromatic N) is 3. The maximum atomic E-state index is 12.5. The van der Waals surface area contributed by atoms with Gasteiger partial charge in [0.25, 0.3) is 5.91 Å². The number of benzene rings is 1. The second kappa shape index (κ2) is 6.57. The van der Waals surface area contributed by atoms with Crippen molar-refractivity contribution < 1.29 is 14.3 Å². The molecule has 2 aliphatic heterocycles. The Kier molecular flexibility index (Phi) is 4.24. The number of aryl methyl sites for hydroxylation is 2. The summed E-state index contributed by atoms with van der Waals surface area (Å²) in [6.45, 7) is 3.07. The Morgan fingerprint density at radius 2 is 2.19 bits per heavy atom. The third-order valence-electron chi connectivity index (χ3n) is 5.03. The lowest BCUT2D eigenvalue weighted by molar-refractivity contribution is -0.123. The number of ether oxygens (including phenoxy) is 1. The van der Waals surface area contributed by atoms with Gasteiger partial charge in [0.1, 0.15) is 12.6 Å². The molecule has 0 bridgehead atoms. The molecule has 0 radical (unpaired) electrons. The summed E-state index contributed by atoms with van der Waals surface area (Å²) in [5.74, 6) is -0.244. The highest BCUT2D eigenvalue weighted by molar-refractivity contribution is 6.00. The van der Waals surface area contributed by atoms with Crippen LogP contribution in [0.25, 0.3) is 0 Å². The molecule has 2 aromatic rings. The van der Waals surface area contributed by atoms with Crippen LogP contribution >= 0.6 is 0 Å². The van der Waals surface area contributed by atoms with Gasteiger partial charge in [-0.1, -0.05) is 18.2 Å². The number of nitrogens with one attached hydrogen (secondary N) is 1. The van der Waals surface area contributed by atoms with Crippen molar-refractivity contribution in [2.75, 3.05) is 13.2 Å². The van der Waals surface area contributed by atoms with E-state index in [-0.39, 0.29) is 30.5 Å². The molecule has 1 aromatic carbocycles. The third-order valence-corrected chi connectivity index (χ3v) is 5.03. The Balaban J connectivity index is 1.41. The summed E-state index contributed by atoms with van der Waals surface area (Å²) in [4.78, 5) is 26.5. The summed E-state index contributed by atoms with van der Waals surface area (Å²) in [6, 6.07) is 7.38. The van der Waals surface area contributed by atoms with Gasteiger partial charge in [0.15, 0.2) is 0 Å². The number of carbonyl (C=O) groups excluding carboxylic acids is 2. The minimum atomic E-state index is -0.195. The lowest BCUT2D eigenvalue weighted by atomic mass is 10.0. The van der Waals surface area contributed by atoms with Crippen molar-refractivity contribution >= 4 is 11.8 Å². The van der Waals surface area contributed by atoms with Crippen molar-refractivity contribution in [2.24, 2.45) is 7.05 Å². The molecule has 7 heteroatoms. The normalized spacial score (nSPS) is 21.9. The molecule has 2 amide bonds. The van der Waals surface area contributed by atoms with Gasteiger partial charge in [0.2, 0.25) is 5.91 Å². The first-order chi connectivity index (χ1) is 12.5. The zero-order valence-electron chi connectivity index (χ0n) is 14.9. The summed E-state index contributed by atoms with van der Waals surface area (Å²) in [7, 11) is 1.87. The fraction of sp³-hybridized carbons (Fsp3) is 0.421. The zero-order chi connectivity index (χ0) is 18.3. The Morgan fingerprint density at radius 3 is 2.92 bits per heavy atom. The smallest absolute Gasteiger partial charge is 0.254 e. The molecule has 0 spiro atoms. The molecule has 4 rings (SSSR count). The fourth-order valence-electron chi connectivity index (χ4n) is 3.81. The highest BCUT2D eigenvalue weighted by Gasteiger charge is 2.34. The van der Waals surface area contributed by atoms with Crippen LogP contribution in [0, 0.1) is 6.92 Å². The van der Waals surface area contributed by atoms with Crippen LogP contribution in [0.3, 0.4) is 0 Å². The quantitative estimate of drug-likeness (QED) is 0.899. The molecule has 2 atom stereocenters. The van der Waals surface area contributed by atoms with Crippen LogP contribution in [0.4, 0.5) is 0 Å². The van der Waals surface area contributed by atoms with Gasteiger partial charge in [-0.25, -0.2) is 0 Å². The van der Waals surface area contributed by atoms with Crippen molar-refractivity contribution in [3.05, 3.63) is 52.8 Å². The lowest BCUT2D eigenvalue weighted by Crippen LogP contribution is -2.43. The number of carbonyl (C=O) groups is 2. The van der Waals surface area contributed by atoms with E-state index >= 15 is 0 Å². The lowest BCUT2D eigenvalue weighted by Gasteiger charge is -2.21. The first kappa shape index (κ1) is 16.8. The van der Waals surface area contributed by atoms with Gasteiger partial charge in [-0.05, 0) is 25.0 Å². The molecule has 2 aliphatic rings. The predicted octanol–water partition coefficient (Wildman–Crippen LogP) is 1.33. The first-order valence-electron chi connectivity index (χ1n) is 8.81. The monoisotopic (exact) mass is 354 g/mol. The number of aromatic nitrogens is 2. The summed E-state index contributed by atoms with van der Waals surface area (Å²) in [5.41, 5.74) is 3.57. The molecular formula is C19H22N4O3. The van der Waals surface area contributed by atoms with E-state index in [0.29, 0.717) is 18.7 Å². The molecule has 1 fully saturated rings. The standard InChI is InChI=1S/C19H22N4O3/c1-12-15(10-22(2)21-12)18-16(7-8-26-18)20-17(24)11-23-9-13-5-3-4-6-14(13)19(23)25/h3-6,10,16,18H,7-9,11H2,1-2H3,(H,20,24)/t16-,18+/m0/s1. The van der Waals surface area contributed by atoms with E-state index in [2.05, 4.69) is 10.4 Å². The molecule has 1 saturated heterocycles. The number of hydrogen-bond donors (Lipinski definition) is 1. The van der Waals surface area contributed by atoms with Gasteiger partial charge in [0, 0.05) is 37.5 Å². The zero-order valence-corrected chi connectivity index (χ0v) is 14.9. The first-order valence-corrected chi connectivity index (χ1v) is 8.81. The molecule has 0 saturated carbocycles. The summed E-state index contributed by atoms with van der Waals surface area (Å²) < 4.78 is 7.60. The Hall–Kier alpha value is -2.67. The van der Waals surface area contributed by atoms with Crippen LogP contribution in [-0.4, -0.2) is 45.7 Å².